The third kappa shape index (κ3) is 26.4. The van der Waals surface area contributed by atoms with Gasteiger partial charge in [-0.15, -0.1) is 0 Å². The number of carbonyl (C=O) groups excluding carboxylic acids is 2. The number of sulfonamides is 2. The van der Waals surface area contributed by atoms with Crippen molar-refractivity contribution in [2.45, 2.75) is 25.4 Å². The summed E-state index contributed by atoms with van der Waals surface area (Å²) in [6.07, 6.45) is -4.44. The standard InChI is InChI=1S/C18H41N4O8S2.C2HF3O2/c1-22(2,11-13-30-15-14-29-12-6-18(23)28-3)10-9-21-32(26,27)17-5-8-20-31(24,25)16-4-7-19;3-2(4,5)1(6)7/h20-21H,4-17,19H2,1-3H3;(H,6,7)/q+1;/p-1. The second-order valence-electron chi connectivity index (χ2n) is 8.64. The Bertz CT molecular complexity index is 902. The molecule has 0 aliphatic rings. The molecule has 0 rings (SSSR count). The third-order valence-electron chi connectivity index (χ3n) is 4.69. The van der Waals surface area contributed by atoms with E-state index in [9.17, 15) is 34.8 Å². The van der Waals surface area contributed by atoms with Gasteiger partial charge < -0.3 is 34.3 Å². The van der Waals surface area contributed by atoms with Gasteiger partial charge in [0.05, 0.1) is 78.6 Å². The lowest BCUT2D eigenvalue weighted by Crippen LogP contribution is -2.47. The van der Waals surface area contributed by atoms with Crippen LogP contribution in [0.1, 0.15) is 19.3 Å². The van der Waals surface area contributed by atoms with Gasteiger partial charge in [0.25, 0.3) is 0 Å². The van der Waals surface area contributed by atoms with Gasteiger partial charge in [-0.05, 0) is 19.4 Å². The maximum Gasteiger partial charge on any atom is 0.430 e. The highest BCUT2D eigenvalue weighted by Gasteiger charge is 2.28. The van der Waals surface area contributed by atoms with E-state index < -0.39 is 32.2 Å². The number of rotatable bonds is 21. The van der Waals surface area contributed by atoms with Gasteiger partial charge in [0.15, 0.2) is 0 Å². The molecule has 0 radical (unpaired) electrons. The Hall–Kier alpha value is -1.61. The van der Waals surface area contributed by atoms with E-state index >= 15 is 0 Å². The van der Waals surface area contributed by atoms with Crippen LogP contribution in [0.25, 0.3) is 0 Å². The maximum atomic E-state index is 12.1. The first-order valence-corrected chi connectivity index (χ1v) is 15.1. The fraction of sp³-hybridized carbons (Fsp3) is 0.900. The van der Waals surface area contributed by atoms with Crippen LogP contribution in [-0.2, 0) is 43.8 Å². The van der Waals surface area contributed by atoms with Crippen LogP contribution in [0, 0.1) is 0 Å². The van der Waals surface area contributed by atoms with E-state index in [-0.39, 0.29) is 56.6 Å². The molecule has 0 heterocycles. The molecule has 19 heteroatoms. The number of aliphatic carboxylic acids is 1. The molecule has 0 fully saturated rings. The molecule has 0 spiro atoms. The molecule has 0 aromatic heterocycles. The van der Waals surface area contributed by atoms with Crippen molar-refractivity contribution in [1.82, 2.24) is 9.44 Å². The number of hydrogen-bond donors (Lipinski definition) is 3. The Balaban J connectivity index is 0. The summed E-state index contributed by atoms with van der Waals surface area (Å²) in [4.78, 5) is 19.7. The Morgan fingerprint density at radius 2 is 1.36 bits per heavy atom. The molecule has 14 nitrogen and oxygen atoms in total. The van der Waals surface area contributed by atoms with Gasteiger partial charge in [-0.3, -0.25) is 4.79 Å². The lowest BCUT2D eigenvalue weighted by Gasteiger charge is -2.29. The Morgan fingerprint density at radius 3 is 1.85 bits per heavy atom. The molecule has 0 aromatic carbocycles. The van der Waals surface area contributed by atoms with Crippen LogP contribution in [0.15, 0.2) is 0 Å². The summed E-state index contributed by atoms with van der Waals surface area (Å²) in [5.41, 5.74) is 5.29. The van der Waals surface area contributed by atoms with Gasteiger partial charge >= 0.3 is 12.1 Å². The van der Waals surface area contributed by atoms with E-state index in [2.05, 4.69) is 14.2 Å². The lowest BCUT2D eigenvalue weighted by molar-refractivity contribution is -0.889. The van der Waals surface area contributed by atoms with Crippen molar-refractivity contribution in [3.8, 4) is 0 Å². The monoisotopic (exact) mass is 618 g/mol. The molecule has 0 aliphatic heterocycles. The first-order valence-electron chi connectivity index (χ1n) is 11.8. The number of carboxylic acids is 1. The quantitative estimate of drug-likeness (QED) is 0.0699. The number of hydrogen-bond acceptors (Lipinski definition) is 11. The highest BCUT2D eigenvalue weighted by molar-refractivity contribution is 7.89. The summed E-state index contributed by atoms with van der Waals surface area (Å²) in [5, 5.41) is 8.78. The first-order chi connectivity index (χ1) is 17.9. The minimum Gasteiger partial charge on any atom is -0.542 e. The molecule has 0 atom stereocenters. The summed E-state index contributed by atoms with van der Waals surface area (Å²) >= 11 is 0. The summed E-state index contributed by atoms with van der Waals surface area (Å²) in [6, 6.07) is 0. The Labute approximate surface area is 228 Å². The number of halogens is 3. The van der Waals surface area contributed by atoms with Crippen LogP contribution in [0.3, 0.4) is 0 Å². The zero-order valence-corrected chi connectivity index (χ0v) is 24.1. The molecule has 0 bridgehead atoms. The molecule has 0 unspecified atom stereocenters. The average Bonchev–Trinajstić information content (AvgIpc) is 2.81. The van der Waals surface area contributed by atoms with E-state index in [1.54, 1.807) is 0 Å². The first kappa shape index (κ1) is 39.5. The topological polar surface area (TPSA) is 203 Å². The van der Waals surface area contributed by atoms with Crippen LogP contribution in [0.4, 0.5) is 13.2 Å². The van der Waals surface area contributed by atoms with Crippen molar-refractivity contribution in [3.05, 3.63) is 0 Å². The number of ether oxygens (including phenoxy) is 3. The SMILES string of the molecule is COC(=O)CCOCCOCC[N+](C)(C)CCNS(=O)(=O)CCCNS(=O)(=O)CCCN.O=C([O-])C(F)(F)F. The van der Waals surface area contributed by atoms with E-state index in [4.69, 9.17) is 25.1 Å². The summed E-state index contributed by atoms with van der Waals surface area (Å²) in [6.45, 7) is 3.46. The largest absolute Gasteiger partial charge is 0.542 e. The number of nitrogens with two attached hydrogens (primary N) is 1. The molecular formula is C20H41F3N4O10S2. The highest BCUT2D eigenvalue weighted by atomic mass is 32.2. The van der Waals surface area contributed by atoms with Crippen LogP contribution in [0.2, 0.25) is 0 Å². The van der Waals surface area contributed by atoms with Crippen LogP contribution in [-0.4, -0.2) is 131 Å². The van der Waals surface area contributed by atoms with Gasteiger partial charge in [-0.2, -0.15) is 13.2 Å². The summed E-state index contributed by atoms with van der Waals surface area (Å²) < 4.78 is 99.8. The molecule has 0 aliphatic carbocycles. The number of nitrogens with zero attached hydrogens (tertiary/aromatic N) is 1. The molecule has 0 amide bonds. The van der Waals surface area contributed by atoms with Crippen molar-refractivity contribution in [2.75, 3.05) is 91.9 Å². The van der Waals surface area contributed by atoms with E-state index in [0.29, 0.717) is 43.8 Å². The minimum atomic E-state index is -5.19. The molecule has 0 saturated heterocycles. The fourth-order valence-corrected chi connectivity index (χ4v) is 4.63. The Morgan fingerprint density at radius 1 is 0.872 bits per heavy atom. The second-order valence-corrected chi connectivity index (χ2v) is 12.5. The molecule has 39 heavy (non-hydrogen) atoms. The number of carboxylic acid groups (broad SMARTS) is 1. The van der Waals surface area contributed by atoms with Gasteiger partial charge in [0.2, 0.25) is 20.0 Å². The maximum absolute atomic E-state index is 12.1. The number of likely N-dealkylation sites (N-methyl/N-ethyl adjacent to an activating group) is 1. The van der Waals surface area contributed by atoms with E-state index in [1.807, 2.05) is 14.1 Å². The minimum absolute atomic E-state index is 0.0619. The normalized spacial score (nSPS) is 12.5. The van der Waals surface area contributed by atoms with Crippen LogP contribution >= 0.6 is 0 Å². The number of quaternary nitrogens is 1. The molecule has 0 saturated carbocycles. The number of esters is 1. The second kappa shape index (κ2) is 20.3. The molecule has 234 valence electrons. The lowest BCUT2D eigenvalue weighted by atomic mass is 10.4. The summed E-state index contributed by atoms with van der Waals surface area (Å²) in [7, 11) is -1.61. The highest BCUT2D eigenvalue weighted by Crippen LogP contribution is 2.11. The zero-order chi connectivity index (χ0) is 30.6. The molecule has 0 aromatic rings. The molecule has 4 N–H and O–H groups in total. The van der Waals surface area contributed by atoms with Crippen molar-refractivity contribution in [3.63, 3.8) is 0 Å². The molecular weight excluding hydrogens is 577 g/mol. The fourth-order valence-electron chi connectivity index (χ4n) is 2.41. The average molecular weight is 619 g/mol. The van der Waals surface area contributed by atoms with Crippen LogP contribution in [0.5, 0.6) is 0 Å². The van der Waals surface area contributed by atoms with Crippen molar-refractivity contribution < 1.29 is 63.4 Å². The van der Waals surface area contributed by atoms with Crippen molar-refractivity contribution >= 4 is 32.0 Å². The van der Waals surface area contributed by atoms with Gasteiger partial charge in [0.1, 0.15) is 12.5 Å². The van der Waals surface area contributed by atoms with Crippen molar-refractivity contribution in [1.29, 1.82) is 0 Å². The summed E-state index contributed by atoms with van der Waals surface area (Å²) in [5.74, 6) is -3.54. The predicted octanol–water partition coefficient (Wildman–Crippen LogP) is -2.46. The van der Waals surface area contributed by atoms with Crippen molar-refractivity contribution in [2.24, 2.45) is 5.73 Å². The smallest absolute Gasteiger partial charge is 0.430 e. The number of methoxy groups -OCH3 is 1. The van der Waals surface area contributed by atoms with E-state index in [1.165, 1.54) is 7.11 Å². The van der Waals surface area contributed by atoms with Gasteiger partial charge in [0, 0.05) is 6.54 Å². The van der Waals surface area contributed by atoms with E-state index in [0.717, 1.165) is 0 Å². The number of carbonyl (C=O) groups is 2. The van der Waals surface area contributed by atoms with Gasteiger partial charge in [-0.25, -0.2) is 26.3 Å². The number of alkyl halides is 3. The predicted molar refractivity (Wildman–Crippen MR) is 133 cm³/mol. The van der Waals surface area contributed by atoms with Gasteiger partial charge in [-0.1, -0.05) is 0 Å². The zero-order valence-electron chi connectivity index (χ0n) is 22.5. The van der Waals surface area contributed by atoms with Crippen LogP contribution < -0.4 is 20.3 Å². The number of nitrogens with one attached hydrogen (secondary N) is 2. The Kier molecular flexibility index (Phi) is 20.6. The third-order valence-corrected chi connectivity index (χ3v) is 7.63.